The number of carbonyl (C=O) groups is 1. The minimum absolute atomic E-state index is 0.220. The van der Waals surface area contributed by atoms with Gasteiger partial charge in [-0.3, -0.25) is 4.79 Å². The van der Waals surface area contributed by atoms with Gasteiger partial charge in [-0.1, -0.05) is 0 Å². The molecule has 1 rings (SSSR count). The fourth-order valence-electron chi connectivity index (χ4n) is 0.813. The predicted octanol–water partition coefficient (Wildman–Crippen LogP) is 2.15. The second-order valence-electron chi connectivity index (χ2n) is 2.28. The van der Waals surface area contributed by atoms with Crippen molar-refractivity contribution in [2.45, 2.75) is 12.8 Å². The smallest absolute Gasteiger partial charge is 0.305 e. The maximum atomic E-state index is 10.7. The third-order valence-corrected chi connectivity index (χ3v) is 1.86. The largest absolute Gasteiger partial charge is 0.469 e. The molecule has 0 fully saturated rings. The highest BCUT2D eigenvalue weighted by Gasteiger charge is 2.04. The average Bonchev–Trinajstić information content (AvgIpc) is 2.47. The SMILES string of the molecule is COC(=O)CCc1ccc(Br)o1. The third-order valence-electron chi connectivity index (χ3n) is 1.43. The fourth-order valence-corrected chi connectivity index (χ4v) is 1.15. The summed E-state index contributed by atoms with van der Waals surface area (Å²) in [6, 6.07) is 3.62. The zero-order valence-corrected chi connectivity index (χ0v) is 8.26. The highest BCUT2D eigenvalue weighted by Crippen LogP contribution is 2.15. The molecule has 1 heterocycles. The first kappa shape index (κ1) is 9.32. The van der Waals surface area contributed by atoms with Crippen LogP contribution in [-0.4, -0.2) is 13.1 Å². The molecule has 0 aliphatic carbocycles. The van der Waals surface area contributed by atoms with Crippen molar-refractivity contribution in [3.8, 4) is 0 Å². The zero-order chi connectivity index (χ0) is 8.97. The van der Waals surface area contributed by atoms with Crippen molar-refractivity contribution in [1.29, 1.82) is 0 Å². The molecule has 12 heavy (non-hydrogen) atoms. The van der Waals surface area contributed by atoms with Crippen LogP contribution in [0.15, 0.2) is 21.2 Å². The summed E-state index contributed by atoms with van der Waals surface area (Å²) in [7, 11) is 1.38. The summed E-state index contributed by atoms with van der Waals surface area (Å²) in [5.74, 6) is 0.565. The Morgan fingerprint density at radius 1 is 1.67 bits per heavy atom. The van der Waals surface area contributed by atoms with E-state index in [-0.39, 0.29) is 5.97 Å². The van der Waals surface area contributed by atoms with Gasteiger partial charge >= 0.3 is 5.97 Å². The van der Waals surface area contributed by atoms with E-state index >= 15 is 0 Å². The Kier molecular flexibility index (Phi) is 3.34. The molecule has 1 aromatic heterocycles. The van der Waals surface area contributed by atoms with Crippen molar-refractivity contribution < 1.29 is 13.9 Å². The Balaban J connectivity index is 2.38. The second kappa shape index (κ2) is 4.30. The predicted molar refractivity (Wildman–Crippen MR) is 46.7 cm³/mol. The summed E-state index contributed by atoms with van der Waals surface area (Å²) in [5, 5.41) is 0. The molecule has 0 spiro atoms. The average molecular weight is 233 g/mol. The van der Waals surface area contributed by atoms with Crippen LogP contribution in [0.2, 0.25) is 0 Å². The maximum Gasteiger partial charge on any atom is 0.305 e. The van der Waals surface area contributed by atoms with Crippen molar-refractivity contribution in [3.63, 3.8) is 0 Å². The van der Waals surface area contributed by atoms with Gasteiger partial charge in [0.25, 0.3) is 0 Å². The lowest BCUT2D eigenvalue weighted by Crippen LogP contribution is -2.01. The van der Waals surface area contributed by atoms with E-state index in [9.17, 15) is 4.79 Å². The van der Waals surface area contributed by atoms with Crippen molar-refractivity contribution in [3.05, 3.63) is 22.6 Å². The van der Waals surface area contributed by atoms with E-state index in [1.165, 1.54) is 7.11 Å². The lowest BCUT2D eigenvalue weighted by Gasteiger charge is -1.95. The van der Waals surface area contributed by atoms with E-state index in [2.05, 4.69) is 20.7 Å². The van der Waals surface area contributed by atoms with Gasteiger partial charge in [-0.15, -0.1) is 0 Å². The molecular formula is C8H9BrO3. The van der Waals surface area contributed by atoms with Gasteiger partial charge in [0.2, 0.25) is 0 Å². The standard InChI is InChI=1S/C8H9BrO3/c1-11-8(10)5-3-6-2-4-7(9)12-6/h2,4H,3,5H2,1H3. The molecule has 1 aromatic rings. The van der Waals surface area contributed by atoms with Crippen LogP contribution in [0.4, 0.5) is 0 Å². The molecule has 66 valence electrons. The summed E-state index contributed by atoms with van der Waals surface area (Å²) >= 11 is 3.17. The highest BCUT2D eigenvalue weighted by atomic mass is 79.9. The number of ether oxygens (including phenoxy) is 1. The van der Waals surface area contributed by atoms with Crippen LogP contribution < -0.4 is 0 Å². The highest BCUT2D eigenvalue weighted by molar-refractivity contribution is 9.10. The minimum Gasteiger partial charge on any atom is -0.469 e. The number of hydrogen-bond acceptors (Lipinski definition) is 3. The molecule has 0 saturated heterocycles. The van der Waals surface area contributed by atoms with Gasteiger partial charge in [-0.05, 0) is 28.1 Å². The number of esters is 1. The van der Waals surface area contributed by atoms with E-state index in [0.717, 1.165) is 5.76 Å². The van der Waals surface area contributed by atoms with Crippen LogP contribution in [0.25, 0.3) is 0 Å². The Morgan fingerprint density at radius 3 is 2.92 bits per heavy atom. The van der Waals surface area contributed by atoms with E-state index in [1.54, 1.807) is 6.07 Å². The normalized spacial score (nSPS) is 9.83. The van der Waals surface area contributed by atoms with E-state index in [0.29, 0.717) is 17.5 Å². The van der Waals surface area contributed by atoms with Crippen LogP contribution in [0.5, 0.6) is 0 Å². The van der Waals surface area contributed by atoms with Crippen LogP contribution in [0, 0.1) is 0 Å². The van der Waals surface area contributed by atoms with Gasteiger partial charge < -0.3 is 9.15 Å². The molecule has 0 radical (unpaired) electrons. The molecule has 0 saturated carbocycles. The van der Waals surface area contributed by atoms with Gasteiger partial charge in [0.15, 0.2) is 4.67 Å². The van der Waals surface area contributed by atoms with E-state index < -0.39 is 0 Å². The van der Waals surface area contributed by atoms with Gasteiger partial charge in [-0.2, -0.15) is 0 Å². The summed E-state index contributed by atoms with van der Waals surface area (Å²) < 4.78 is 10.4. The zero-order valence-electron chi connectivity index (χ0n) is 6.67. The second-order valence-corrected chi connectivity index (χ2v) is 3.06. The first-order valence-electron chi connectivity index (χ1n) is 3.53. The summed E-state index contributed by atoms with van der Waals surface area (Å²) in [6.45, 7) is 0. The molecule has 0 atom stereocenters. The molecule has 3 nitrogen and oxygen atoms in total. The Bertz CT molecular complexity index is 267. The third kappa shape index (κ3) is 2.70. The Morgan fingerprint density at radius 2 is 2.42 bits per heavy atom. The van der Waals surface area contributed by atoms with Crippen molar-refractivity contribution in [1.82, 2.24) is 0 Å². The van der Waals surface area contributed by atoms with E-state index in [1.807, 2.05) is 6.07 Å². The Labute approximate surface area is 78.8 Å². The molecule has 0 N–H and O–H groups in total. The molecule has 0 aliphatic rings. The van der Waals surface area contributed by atoms with Crippen LogP contribution in [-0.2, 0) is 16.0 Å². The molecule has 0 aliphatic heterocycles. The number of aryl methyl sites for hydroxylation is 1. The van der Waals surface area contributed by atoms with Gasteiger partial charge in [0.1, 0.15) is 5.76 Å². The van der Waals surface area contributed by atoms with Gasteiger partial charge in [0, 0.05) is 6.42 Å². The van der Waals surface area contributed by atoms with Crippen LogP contribution >= 0.6 is 15.9 Å². The fraction of sp³-hybridized carbons (Fsp3) is 0.375. The van der Waals surface area contributed by atoms with E-state index in [4.69, 9.17) is 4.42 Å². The van der Waals surface area contributed by atoms with Crippen molar-refractivity contribution in [2.75, 3.05) is 7.11 Å². The topological polar surface area (TPSA) is 39.4 Å². The molecule has 4 heteroatoms. The van der Waals surface area contributed by atoms with Gasteiger partial charge in [0.05, 0.1) is 13.5 Å². The summed E-state index contributed by atoms with van der Waals surface area (Å²) in [5.41, 5.74) is 0. The van der Waals surface area contributed by atoms with Crippen molar-refractivity contribution in [2.24, 2.45) is 0 Å². The lowest BCUT2D eigenvalue weighted by molar-refractivity contribution is -0.140. The number of halogens is 1. The number of methoxy groups -OCH3 is 1. The molecule has 0 amide bonds. The molecule has 0 bridgehead atoms. The first-order chi connectivity index (χ1) is 5.72. The molecular weight excluding hydrogens is 224 g/mol. The van der Waals surface area contributed by atoms with Crippen LogP contribution in [0.3, 0.4) is 0 Å². The molecule has 0 unspecified atom stereocenters. The summed E-state index contributed by atoms with van der Waals surface area (Å²) in [6.07, 6.45) is 0.939. The number of carbonyl (C=O) groups excluding carboxylic acids is 1. The van der Waals surface area contributed by atoms with Crippen molar-refractivity contribution >= 4 is 21.9 Å². The monoisotopic (exact) mass is 232 g/mol. The maximum absolute atomic E-state index is 10.7. The molecule has 0 aromatic carbocycles. The number of furan rings is 1. The van der Waals surface area contributed by atoms with Gasteiger partial charge in [-0.25, -0.2) is 0 Å². The minimum atomic E-state index is -0.220. The first-order valence-corrected chi connectivity index (χ1v) is 4.32. The number of hydrogen-bond donors (Lipinski definition) is 0. The van der Waals surface area contributed by atoms with Crippen LogP contribution in [0.1, 0.15) is 12.2 Å². The Hall–Kier alpha value is -0.770. The quantitative estimate of drug-likeness (QED) is 0.751. The lowest BCUT2D eigenvalue weighted by atomic mass is 10.2. The summed E-state index contributed by atoms with van der Waals surface area (Å²) in [4.78, 5) is 10.7. The number of rotatable bonds is 3.